The van der Waals surface area contributed by atoms with E-state index in [1.54, 1.807) is 25.3 Å². The molecule has 1 aliphatic rings. The number of pyridine rings is 1. The second-order valence-electron chi connectivity index (χ2n) is 6.20. The van der Waals surface area contributed by atoms with E-state index < -0.39 is 0 Å². The van der Waals surface area contributed by atoms with Crippen LogP contribution in [0.1, 0.15) is 38.5 Å². The first kappa shape index (κ1) is 16.4. The molecule has 0 unspecified atom stereocenters. The third-order valence-corrected chi connectivity index (χ3v) is 4.53. The fraction of sp³-hybridized carbons (Fsp3) is 0.444. The topological polar surface area (TPSA) is 83.2 Å². The van der Waals surface area contributed by atoms with Crippen LogP contribution in [0, 0.1) is 0 Å². The Morgan fingerprint density at radius 2 is 1.96 bits per heavy atom. The van der Waals surface area contributed by atoms with Crippen molar-refractivity contribution in [3.8, 4) is 5.75 Å². The molecule has 1 saturated carbocycles. The minimum absolute atomic E-state index is 0.187. The van der Waals surface area contributed by atoms with Crippen LogP contribution in [-0.4, -0.2) is 24.2 Å². The summed E-state index contributed by atoms with van der Waals surface area (Å²) in [6.45, 7) is 0. The van der Waals surface area contributed by atoms with Gasteiger partial charge in [-0.25, -0.2) is 4.79 Å². The third-order valence-electron chi connectivity index (χ3n) is 4.53. The average molecular weight is 329 g/mol. The highest BCUT2D eigenvalue weighted by Crippen LogP contribution is 2.22. The van der Waals surface area contributed by atoms with E-state index in [1.807, 2.05) is 0 Å². The number of benzene rings is 1. The molecule has 3 rings (SSSR count). The van der Waals surface area contributed by atoms with Crippen LogP contribution in [0.4, 0.5) is 10.5 Å². The summed E-state index contributed by atoms with van der Waals surface area (Å²) in [7, 11) is 1.56. The number of anilines is 1. The molecule has 0 bridgehead atoms. The standard InChI is InChI=1S/C18H23N3O3/c1-24-15-10-6-9-13-16(15)19-11-14(17(13)22)21-18(23)20-12-7-4-2-3-5-8-12/h6,9-12H,2-5,7-8H2,1H3,(H,19,22)(H2,20,21,23). The number of amides is 2. The second kappa shape index (κ2) is 7.38. The predicted octanol–water partition coefficient (Wildman–Crippen LogP) is 3.38. The number of H-pyrrole nitrogens is 1. The highest BCUT2D eigenvalue weighted by Gasteiger charge is 2.16. The predicted molar refractivity (Wildman–Crippen MR) is 94.8 cm³/mol. The molecule has 24 heavy (non-hydrogen) atoms. The van der Waals surface area contributed by atoms with Crippen LogP contribution in [0.3, 0.4) is 0 Å². The molecule has 2 aromatic rings. The summed E-state index contributed by atoms with van der Waals surface area (Å²) in [5, 5.41) is 6.14. The number of methoxy groups -OCH3 is 1. The second-order valence-corrected chi connectivity index (χ2v) is 6.20. The lowest BCUT2D eigenvalue weighted by Crippen LogP contribution is -2.38. The van der Waals surface area contributed by atoms with E-state index in [1.165, 1.54) is 19.0 Å². The van der Waals surface area contributed by atoms with Crippen molar-refractivity contribution in [1.82, 2.24) is 10.3 Å². The molecule has 0 atom stereocenters. The van der Waals surface area contributed by atoms with E-state index in [0.29, 0.717) is 16.7 Å². The van der Waals surface area contributed by atoms with Gasteiger partial charge in [0, 0.05) is 12.2 Å². The van der Waals surface area contributed by atoms with Gasteiger partial charge in [0.15, 0.2) is 0 Å². The van der Waals surface area contributed by atoms with Gasteiger partial charge < -0.3 is 20.4 Å². The van der Waals surface area contributed by atoms with E-state index in [4.69, 9.17) is 4.74 Å². The number of fused-ring (bicyclic) bond motifs is 1. The minimum Gasteiger partial charge on any atom is -0.495 e. The molecule has 2 amide bonds. The number of hydrogen-bond acceptors (Lipinski definition) is 3. The Bertz CT molecular complexity index is 777. The number of rotatable bonds is 3. The van der Waals surface area contributed by atoms with Crippen molar-refractivity contribution in [2.75, 3.05) is 12.4 Å². The van der Waals surface area contributed by atoms with E-state index in [0.717, 1.165) is 25.7 Å². The Labute approximate surface area is 140 Å². The van der Waals surface area contributed by atoms with Crippen LogP contribution in [0.15, 0.2) is 29.2 Å². The summed E-state index contributed by atoms with van der Waals surface area (Å²) in [5.74, 6) is 0.596. The quantitative estimate of drug-likeness (QED) is 0.755. The molecular formula is C18H23N3O3. The summed E-state index contributed by atoms with van der Waals surface area (Å²) in [6.07, 6.45) is 8.25. The first-order chi connectivity index (χ1) is 11.7. The van der Waals surface area contributed by atoms with Crippen molar-refractivity contribution >= 4 is 22.6 Å². The van der Waals surface area contributed by atoms with Crippen LogP contribution in [0.2, 0.25) is 0 Å². The van der Waals surface area contributed by atoms with Gasteiger partial charge in [-0.15, -0.1) is 0 Å². The number of carbonyl (C=O) groups is 1. The van der Waals surface area contributed by atoms with Gasteiger partial charge in [-0.2, -0.15) is 0 Å². The zero-order valence-electron chi connectivity index (χ0n) is 13.9. The van der Waals surface area contributed by atoms with Crippen molar-refractivity contribution in [1.29, 1.82) is 0 Å². The monoisotopic (exact) mass is 329 g/mol. The number of aromatic nitrogens is 1. The average Bonchev–Trinajstić information content (AvgIpc) is 2.85. The van der Waals surface area contributed by atoms with Gasteiger partial charge in [0.25, 0.3) is 0 Å². The number of hydrogen-bond donors (Lipinski definition) is 3. The summed E-state index contributed by atoms with van der Waals surface area (Å²) < 4.78 is 5.25. The number of ether oxygens (including phenoxy) is 1. The number of urea groups is 1. The van der Waals surface area contributed by atoms with E-state index >= 15 is 0 Å². The van der Waals surface area contributed by atoms with Gasteiger partial charge in [-0.1, -0.05) is 31.7 Å². The molecule has 1 aromatic heterocycles. The maximum Gasteiger partial charge on any atom is 0.319 e. The van der Waals surface area contributed by atoms with Crippen molar-refractivity contribution in [3.05, 3.63) is 34.6 Å². The SMILES string of the molecule is COc1cccc2c(=O)c(NC(=O)NC3CCCCCC3)c[nH]c12. The number of para-hydroxylation sites is 1. The highest BCUT2D eigenvalue weighted by molar-refractivity contribution is 5.93. The van der Waals surface area contributed by atoms with Gasteiger partial charge in [0.2, 0.25) is 5.43 Å². The number of aromatic amines is 1. The lowest BCUT2D eigenvalue weighted by molar-refractivity contribution is 0.247. The van der Waals surface area contributed by atoms with Gasteiger partial charge >= 0.3 is 6.03 Å². The molecule has 3 N–H and O–H groups in total. The van der Waals surface area contributed by atoms with Crippen molar-refractivity contribution in [2.24, 2.45) is 0 Å². The van der Waals surface area contributed by atoms with Gasteiger partial charge in [0.1, 0.15) is 11.4 Å². The van der Waals surface area contributed by atoms with Gasteiger partial charge in [-0.3, -0.25) is 4.79 Å². The first-order valence-electron chi connectivity index (χ1n) is 8.45. The first-order valence-corrected chi connectivity index (χ1v) is 8.45. The summed E-state index contributed by atoms with van der Waals surface area (Å²) in [6, 6.07) is 5.11. The zero-order valence-corrected chi connectivity index (χ0v) is 13.9. The fourth-order valence-electron chi connectivity index (χ4n) is 3.25. The Balaban J connectivity index is 1.76. The lowest BCUT2D eigenvalue weighted by Gasteiger charge is -2.16. The molecule has 0 aliphatic heterocycles. The summed E-state index contributed by atoms with van der Waals surface area (Å²) >= 11 is 0. The molecule has 6 heteroatoms. The molecular weight excluding hydrogens is 306 g/mol. The smallest absolute Gasteiger partial charge is 0.319 e. The molecule has 1 aliphatic carbocycles. The Hall–Kier alpha value is -2.50. The van der Waals surface area contributed by atoms with E-state index in [9.17, 15) is 9.59 Å². The number of carbonyl (C=O) groups excluding carboxylic acids is 1. The van der Waals surface area contributed by atoms with E-state index in [-0.39, 0.29) is 23.2 Å². The maximum atomic E-state index is 12.6. The molecule has 0 saturated heterocycles. The Morgan fingerprint density at radius 1 is 1.21 bits per heavy atom. The van der Waals surface area contributed by atoms with Crippen LogP contribution >= 0.6 is 0 Å². The molecule has 0 radical (unpaired) electrons. The molecule has 6 nitrogen and oxygen atoms in total. The van der Waals surface area contributed by atoms with Crippen LogP contribution in [0.5, 0.6) is 5.75 Å². The molecule has 128 valence electrons. The summed E-state index contributed by atoms with van der Waals surface area (Å²) in [4.78, 5) is 27.8. The normalized spacial score (nSPS) is 15.7. The Morgan fingerprint density at radius 3 is 2.67 bits per heavy atom. The molecule has 1 aromatic carbocycles. The minimum atomic E-state index is -0.324. The van der Waals surface area contributed by atoms with Crippen LogP contribution in [0.25, 0.3) is 10.9 Å². The molecule has 0 spiro atoms. The third kappa shape index (κ3) is 3.53. The summed E-state index contributed by atoms with van der Waals surface area (Å²) in [5.41, 5.74) is 0.639. The van der Waals surface area contributed by atoms with Gasteiger partial charge in [0.05, 0.1) is 18.0 Å². The van der Waals surface area contributed by atoms with Crippen molar-refractivity contribution in [3.63, 3.8) is 0 Å². The number of nitrogens with one attached hydrogen (secondary N) is 3. The molecule has 1 heterocycles. The molecule has 1 fully saturated rings. The highest BCUT2D eigenvalue weighted by atomic mass is 16.5. The van der Waals surface area contributed by atoms with E-state index in [2.05, 4.69) is 15.6 Å². The maximum absolute atomic E-state index is 12.6. The van der Waals surface area contributed by atoms with Gasteiger partial charge in [-0.05, 0) is 25.0 Å². The van der Waals surface area contributed by atoms with Crippen LogP contribution in [-0.2, 0) is 0 Å². The van der Waals surface area contributed by atoms with Crippen LogP contribution < -0.4 is 20.8 Å². The lowest BCUT2D eigenvalue weighted by atomic mass is 10.1. The largest absolute Gasteiger partial charge is 0.495 e. The van der Waals surface area contributed by atoms with Crippen molar-refractivity contribution in [2.45, 2.75) is 44.6 Å². The zero-order chi connectivity index (χ0) is 16.9. The van der Waals surface area contributed by atoms with Crippen molar-refractivity contribution < 1.29 is 9.53 Å². The Kier molecular flexibility index (Phi) is 5.03. The fourth-order valence-corrected chi connectivity index (χ4v) is 3.25.